The molecule has 0 aromatic heterocycles. The molecule has 2 aromatic carbocycles. The van der Waals surface area contributed by atoms with Gasteiger partial charge in [-0.25, -0.2) is 0 Å². The molecule has 0 saturated carbocycles. The molecule has 1 aliphatic heterocycles. The van der Waals surface area contributed by atoms with Crippen molar-refractivity contribution in [3.63, 3.8) is 0 Å². The number of fused-ring (bicyclic) bond motifs is 2. The second kappa shape index (κ2) is 10.6. The van der Waals surface area contributed by atoms with Gasteiger partial charge in [-0.3, -0.25) is 9.59 Å². The summed E-state index contributed by atoms with van der Waals surface area (Å²) in [7, 11) is 0. The Balaban J connectivity index is 1.45. The number of amides is 2. The average molecular weight is 473 g/mol. The Kier molecular flexibility index (Phi) is 7.56. The molecular formula is C30H36N2O3. The predicted octanol–water partition coefficient (Wildman–Crippen LogP) is 4.90. The minimum absolute atomic E-state index is 0.0841. The highest BCUT2D eigenvalue weighted by Crippen LogP contribution is 2.38. The molecule has 184 valence electrons. The molecule has 1 heterocycles. The van der Waals surface area contributed by atoms with Crippen molar-refractivity contribution in [2.75, 3.05) is 19.7 Å². The summed E-state index contributed by atoms with van der Waals surface area (Å²) in [4.78, 5) is 27.1. The summed E-state index contributed by atoms with van der Waals surface area (Å²) in [6.07, 6.45) is 6.82. The van der Waals surface area contributed by atoms with E-state index in [2.05, 4.69) is 66.0 Å². The van der Waals surface area contributed by atoms with Crippen molar-refractivity contribution in [3.05, 3.63) is 76.4 Å². The third kappa shape index (κ3) is 5.73. The molecule has 5 heteroatoms. The highest BCUT2D eigenvalue weighted by molar-refractivity contribution is 5.95. The first kappa shape index (κ1) is 24.9. The summed E-state index contributed by atoms with van der Waals surface area (Å²) in [5.41, 5.74) is 7.11. The van der Waals surface area contributed by atoms with Crippen molar-refractivity contribution in [1.82, 2.24) is 10.2 Å². The van der Waals surface area contributed by atoms with Crippen LogP contribution in [0.3, 0.4) is 0 Å². The number of nitrogens with zero attached hydrogens (tertiary/aromatic N) is 1. The number of benzene rings is 2. The van der Waals surface area contributed by atoms with Gasteiger partial charge in [-0.15, -0.1) is 0 Å². The van der Waals surface area contributed by atoms with Crippen LogP contribution in [0.5, 0.6) is 0 Å². The number of hydrogen-bond acceptors (Lipinski definition) is 3. The summed E-state index contributed by atoms with van der Waals surface area (Å²) >= 11 is 0. The molecule has 2 N–H and O–H groups in total. The molecule has 4 rings (SSSR count). The molecule has 2 amide bonds. The van der Waals surface area contributed by atoms with E-state index < -0.39 is 11.5 Å². The van der Waals surface area contributed by atoms with Gasteiger partial charge in [-0.2, -0.15) is 0 Å². The van der Waals surface area contributed by atoms with Crippen molar-refractivity contribution in [3.8, 4) is 0 Å². The van der Waals surface area contributed by atoms with Gasteiger partial charge in [0.15, 0.2) is 0 Å². The van der Waals surface area contributed by atoms with E-state index in [0.29, 0.717) is 25.9 Å². The summed E-state index contributed by atoms with van der Waals surface area (Å²) in [5, 5.41) is 12.5. The lowest BCUT2D eigenvalue weighted by Crippen LogP contribution is -2.44. The first-order valence-electron chi connectivity index (χ1n) is 12.6. The number of carbonyl (C=O) groups is 2. The van der Waals surface area contributed by atoms with Gasteiger partial charge in [-0.1, -0.05) is 87.0 Å². The van der Waals surface area contributed by atoms with Gasteiger partial charge in [0, 0.05) is 24.9 Å². The lowest BCUT2D eigenvalue weighted by Gasteiger charge is -2.31. The van der Waals surface area contributed by atoms with E-state index in [1.54, 1.807) is 0 Å². The molecule has 0 spiro atoms. The standard InChI is InChI=1S/C30H36N2O3/c1-30(2,3)29(35)31-24(20-33)14-15-27(34)32-18-16-23(17-19-32)28-25-10-6-4-8-21(25)12-13-22-9-5-7-11-26(22)28/h4-13,24,33H,14-20H2,1-3H3,(H,31,35)/t24-/m0/s1. The van der Waals surface area contributed by atoms with Crippen LogP contribution in [0.1, 0.15) is 68.7 Å². The fourth-order valence-electron chi connectivity index (χ4n) is 4.79. The Hall–Kier alpha value is -3.18. The van der Waals surface area contributed by atoms with Crippen molar-refractivity contribution in [2.45, 2.75) is 52.5 Å². The Morgan fingerprint density at radius 1 is 0.943 bits per heavy atom. The number of carbonyl (C=O) groups excluding carboxylic acids is 2. The summed E-state index contributed by atoms with van der Waals surface area (Å²) in [6.45, 7) is 6.72. The topological polar surface area (TPSA) is 69.6 Å². The van der Waals surface area contributed by atoms with Gasteiger partial charge in [0.1, 0.15) is 0 Å². The van der Waals surface area contributed by atoms with Gasteiger partial charge >= 0.3 is 0 Å². The minimum atomic E-state index is -0.529. The van der Waals surface area contributed by atoms with E-state index in [0.717, 1.165) is 12.8 Å². The van der Waals surface area contributed by atoms with E-state index in [9.17, 15) is 14.7 Å². The van der Waals surface area contributed by atoms with E-state index >= 15 is 0 Å². The number of piperidine rings is 1. The zero-order chi connectivity index (χ0) is 25.0. The van der Waals surface area contributed by atoms with Crippen LogP contribution in [0.2, 0.25) is 0 Å². The molecule has 0 radical (unpaired) electrons. The largest absolute Gasteiger partial charge is 0.394 e. The van der Waals surface area contributed by atoms with Crippen molar-refractivity contribution in [1.29, 1.82) is 0 Å². The lowest BCUT2D eigenvalue weighted by molar-refractivity contribution is -0.133. The van der Waals surface area contributed by atoms with Gasteiger partial charge in [0.25, 0.3) is 0 Å². The number of hydrogen-bond donors (Lipinski definition) is 2. The third-order valence-electron chi connectivity index (χ3n) is 6.92. The Labute approximate surface area is 208 Å². The maximum Gasteiger partial charge on any atom is 0.225 e. The third-order valence-corrected chi connectivity index (χ3v) is 6.92. The maximum absolute atomic E-state index is 12.9. The molecule has 0 unspecified atom stereocenters. The number of aliphatic hydroxyl groups excluding tert-OH is 1. The first-order valence-corrected chi connectivity index (χ1v) is 12.6. The van der Waals surface area contributed by atoms with Crippen LogP contribution in [0, 0.1) is 5.41 Å². The second-order valence-corrected chi connectivity index (χ2v) is 10.5. The normalized spacial score (nSPS) is 16.3. The first-order chi connectivity index (χ1) is 16.8. The van der Waals surface area contributed by atoms with Crippen LogP contribution in [0.4, 0.5) is 0 Å². The van der Waals surface area contributed by atoms with E-state index in [-0.39, 0.29) is 18.4 Å². The van der Waals surface area contributed by atoms with Crippen LogP contribution < -0.4 is 5.32 Å². The average Bonchev–Trinajstić information content (AvgIpc) is 3.02. The van der Waals surface area contributed by atoms with E-state index in [1.165, 1.54) is 33.4 Å². The van der Waals surface area contributed by atoms with Crippen LogP contribution in [0.15, 0.2) is 54.1 Å². The Morgan fingerprint density at radius 2 is 1.49 bits per heavy atom. The number of rotatable bonds is 5. The number of likely N-dealkylation sites (tertiary alicyclic amines) is 1. The Bertz CT molecular complexity index is 1090. The van der Waals surface area contributed by atoms with Crippen LogP contribution in [-0.4, -0.2) is 47.6 Å². The van der Waals surface area contributed by atoms with Crippen LogP contribution in [0.25, 0.3) is 17.7 Å². The molecule has 2 aromatic rings. The zero-order valence-electron chi connectivity index (χ0n) is 21.0. The van der Waals surface area contributed by atoms with Gasteiger partial charge < -0.3 is 15.3 Å². The van der Waals surface area contributed by atoms with Gasteiger partial charge in [-0.05, 0) is 47.1 Å². The van der Waals surface area contributed by atoms with Crippen LogP contribution in [-0.2, 0) is 9.59 Å². The molecular weight excluding hydrogens is 436 g/mol. The quantitative estimate of drug-likeness (QED) is 0.555. The van der Waals surface area contributed by atoms with Gasteiger partial charge in [0.2, 0.25) is 11.8 Å². The van der Waals surface area contributed by atoms with Crippen molar-refractivity contribution >= 4 is 29.5 Å². The second-order valence-electron chi connectivity index (χ2n) is 10.5. The minimum Gasteiger partial charge on any atom is -0.394 e. The van der Waals surface area contributed by atoms with Crippen LogP contribution >= 0.6 is 0 Å². The molecule has 1 saturated heterocycles. The smallest absolute Gasteiger partial charge is 0.225 e. The van der Waals surface area contributed by atoms with Gasteiger partial charge in [0.05, 0.1) is 12.6 Å². The lowest BCUT2D eigenvalue weighted by atomic mass is 9.86. The molecule has 2 aliphatic rings. The fourth-order valence-corrected chi connectivity index (χ4v) is 4.79. The Morgan fingerprint density at radius 3 is 2.00 bits per heavy atom. The molecule has 1 fully saturated rings. The monoisotopic (exact) mass is 472 g/mol. The highest BCUT2D eigenvalue weighted by Gasteiger charge is 2.27. The molecule has 0 bridgehead atoms. The van der Waals surface area contributed by atoms with E-state index in [1.807, 2.05) is 25.7 Å². The summed E-state index contributed by atoms with van der Waals surface area (Å²) in [5.74, 6) is -0.0301. The van der Waals surface area contributed by atoms with Crippen molar-refractivity contribution in [2.24, 2.45) is 5.41 Å². The predicted molar refractivity (Wildman–Crippen MR) is 141 cm³/mol. The maximum atomic E-state index is 12.9. The molecule has 5 nitrogen and oxygen atoms in total. The zero-order valence-corrected chi connectivity index (χ0v) is 21.0. The fraction of sp³-hybridized carbons (Fsp3) is 0.400. The number of aliphatic hydroxyl groups is 1. The molecule has 1 aliphatic carbocycles. The molecule has 35 heavy (non-hydrogen) atoms. The van der Waals surface area contributed by atoms with Crippen molar-refractivity contribution < 1.29 is 14.7 Å². The SMILES string of the molecule is CC(C)(C)C(=O)N[C@H](CO)CCC(=O)N1CCC(=C2c3ccccc3C=Cc3ccccc32)CC1. The summed E-state index contributed by atoms with van der Waals surface area (Å²) in [6, 6.07) is 16.6. The highest BCUT2D eigenvalue weighted by atomic mass is 16.3. The number of nitrogens with one attached hydrogen (secondary N) is 1. The summed E-state index contributed by atoms with van der Waals surface area (Å²) < 4.78 is 0. The molecule has 1 atom stereocenters. The van der Waals surface area contributed by atoms with E-state index in [4.69, 9.17) is 0 Å².